The van der Waals surface area contributed by atoms with Gasteiger partial charge in [0, 0.05) is 28.4 Å². The van der Waals surface area contributed by atoms with Crippen LogP contribution in [0, 0.1) is 10.1 Å². The summed E-state index contributed by atoms with van der Waals surface area (Å²) in [6.45, 7) is 1.14. The standard InChI is InChI=1S/C7H5ClN2O5S/c1-4(11)5-2-6(10(12)13)9-7(3-5)16(8,14)15/h2-3H,1H3. The molecular weight excluding hydrogens is 260 g/mol. The van der Waals surface area contributed by atoms with E-state index in [4.69, 9.17) is 10.7 Å². The molecule has 1 heterocycles. The summed E-state index contributed by atoms with van der Waals surface area (Å²) in [5.74, 6) is -1.26. The summed E-state index contributed by atoms with van der Waals surface area (Å²) >= 11 is 0. The zero-order chi connectivity index (χ0) is 12.5. The van der Waals surface area contributed by atoms with Gasteiger partial charge in [-0.2, -0.15) is 0 Å². The third kappa shape index (κ3) is 2.74. The van der Waals surface area contributed by atoms with Crippen LogP contribution in [0.2, 0.25) is 0 Å². The molecule has 0 saturated heterocycles. The van der Waals surface area contributed by atoms with Crippen LogP contribution in [0.1, 0.15) is 17.3 Å². The Morgan fingerprint density at radius 1 is 1.50 bits per heavy atom. The molecule has 1 aromatic heterocycles. The Hall–Kier alpha value is -1.54. The molecule has 86 valence electrons. The maximum absolute atomic E-state index is 11.0. The van der Waals surface area contributed by atoms with Crippen LogP contribution in [-0.4, -0.2) is 24.1 Å². The molecule has 0 aliphatic carbocycles. The van der Waals surface area contributed by atoms with E-state index in [9.17, 15) is 23.3 Å². The van der Waals surface area contributed by atoms with E-state index in [-0.39, 0.29) is 5.56 Å². The number of aromatic nitrogens is 1. The summed E-state index contributed by atoms with van der Waals surface area (Å²) in [6.07, 6.45) is 0. The fourth-order valence-electron chi connectivity index (χ4n) is 0.913. The Bertz CT molecular complexity index is 536. The van der Waals surface area contributed by atoms with Gasteiger partial charge in [-0.25, -0.2) is 8.42 Å². The fourth-order valence-corrected chi connectivity index (χ4v) is 1.62. The molecule has 0 aliphatic heterocycles. The van der Waals surface area contributed by atoms with Crippen molar-refractivity contribution in [3.8, 4) is 0 Å². The van der Waals surface area contributed by atoms with Crippen molar-refractivity contribution in [1.29, 1.82) is 0 Å². The topological polar surface area (TPSA) is 107 Å². The summed E-state index contributed by atoms with van der Waals surface area (Å²) in [5.41, 5.74) is -0.138. The highest BCUT2D eigenvalue weighted by Crippen LogP contribution is 2.19. The summed E-state index contributed by atoms with van der Waals surface area (Å²) in [6, 6.07) is 1.77. The Balaban J connectivity index is 3.54. The second-order valence-electron chi connectivity index (χ2n) is 2.80. The van der Waals surface area contributed by atoms with Gasteiger partial charge in [-0.1, -0.05) is 0 Å². The van der Waals surface area contributed by atoms with Crippen LogP contribution in [0.25, 0.3) is 0 Å². The number of Topliss-reactive ketones (excluding diaryl/α,β-unsaturated/α-hetero) is 1. The van der Waals surface area contributed by atoms with E-state index in [0.29, 0.717) is 0 Å². The molecule has 1 rings (SSSR count). The number of carbonyl (C=O) groups is 1. The minimum absolute atomic E-state index is 0.138. The molecule has 0 N–H and O–H groups in total. The van der Waals surface area contributed by atoms with Gasteiger partial charge in [-0.05, 0) is 16.8 Å². The third-order valence-electron chi connectivity index (χ3n) is 1.63. The molecule has 0 unspecified atom stereocenters. The summed E-state index contributed by atoms with van der Waals surface area (Å²) in [5, 5.41) is 9.73. The summed E-state index contributed by atoms with van der Waals surface area (Å²) in [4.78, 5) is 23.8. The highest BCUT2D eigenvalue weighted by atomic mass is 35.7. The highest BCUT2D eigenvalue weighted by Gasteiger charge is 2.23. The van der Waals surface area contributed by atoms with E-state index in [2.05, 4.69) is 4.98 Å². The lowest BCUT2D eigenvalue weighted by molar-refractivity contribution is -0.390. The van der Waals surface area contributed by atoms with Crippen molar-refractivity contribution in [3.63, 3.8) is 0 Å². The normalized spacial score (nSPS) is 11.1. The molecule has 0 saturated carbocycles. The zero-order valence-electron chi connectivity index (χ0n) is 7.88. The van der Waals surface area contributed by atoms with Crippen molar-refractivity contribution in [3.05, 3.63) is 27.8 Å². The Labute approximate surface area is 94.6 Å². The first-order valence-electron chi connectivity index (χ1n) is 3.84. The maximum atomic E-state index is 11.0. The Morgan fingerprint density at radius 2 is 2.06 bits per heavy atom. The Morgan fingerprint density at radius 3 is 2.44 bits per heavy atom. The molecular formula is C7H5ClN2O5S. The predicted molar refractivity (Wildman–Crippen MR) is 53.9 cm³/mol. The minimum atomic E-state index is -4.21. The molecule has 0 atom stereocenters. The van der Waals surface area contributed by atoms with Crippen LogP contribution in [0.15, 0.2) is 17.2 Å². The molecule has 0 fully saturated rings. The average Bonchev–Trinajstić information content (AvgIpc) is 2.15. The van der Waals surface area contributed by atoms with Gasteiger partial charge in [0.2, 0.25) is 0 Å². The quantitative estimate of drug-likeness (QED) is 0.350. The number of nitro groups is 1. The fraction of sp³-hybridized carbons (Fsp3) is 0.143. The lowest BCUT2D eigenvalue weighted by atomic mass is 10.2. The maximum Gasteiger partial charge on any atom is 0.365 e. The Kier molecular flexibility index (Phi) is 3.24. The van der Waals surface area contributed by atoms with E-state index in [0.717, 1.165) is 19.1 Å². The van der Waals surface area contributed by atoms with Crippen LogP contribution >= 0.6 is 10.7 Å². The monoisotopic (exact) mass is 264 g/mol. The van der Waals surface area contributed by atoms with Gasteiger partial charge >= 0.3 is 14.9 Å². The van der Waals surface area contributed by atoms with Crippen molar-refractivity contribution in [2.24, 2.45) is 0 Å². The molecule has 1 aromatic rings. The van der Waals surface area contributed by atoms with Crippen molar-refractivity contribution < 1.29 is 18.1 Å². The highest BCUT2D eigenvalue weighted by molar-refractivity contribution is 8.13. The third-order valence-corrected chi connectivity index (χ3v) is 2.81. The second kappa shape index (κ2) is 4.14. The van der Waals surface area contributed by atoms with Crippen LogP contribution in [0.4, 0.5) is 5.82 Å². The van der Waals surface area contributed by atoms with Gasteiger partial charge < -0.3 is 10.1 Å². The molecule has 0 radical (unpaired) electrons. The predicted octanol–water partition coefficient (Wildman–Crippen LogP) is 1.12. The molecule has 16 heavy (non-hydrogen) atoms. The SMILES string of the molecule is CC(=O)c1cc([N+](=O)[O-])nc(S(=O)(=O)Cl)c1. The van der Waals surface area contributed by atoms with E-state index >= 15 is 0 Å². The molecule has 7 nitrogen and oxygen atoms in total. The first kappa shape index (κ1) is 12.5. The van der Waals surface area contributed by atoms with Crippen LogP contribution in [0.3, 0.4) is 0 Å². The summed E-state index contributed by atoms with van der Waals surface area (Å²) in [7, 11) is 0.777. The smallest absolute Gasteiger partial charge is 0.358 e. The lowest BCUT2D eigenvalue weighted by Gasteiger charge is -1.97. The molecule has 0 aliphatic rings. The van der Waals surface area contributed by atoms with Crippen LogP contribution in [-0.2, 0) is 9.05 Å². The molecule has 0 amide bonds. The van der Waals surface area contributed by atoms with Gasteiger partial charge in [0.15, 0.2) is 5.78 Å². The van der Waals surface area contributed by atoms with Gasteiger partial charge in [0.25, 0.3) is 5.03 Å². The van der Waals surface area contributed by atoms with Gasteiger partial charge in [0.1, 0.15) is 0 Å². The van der Waals surface area contributed by atoms with E-state index < -0.39 is 30.6 Å². The number of hydrogen-bond acceptors (Lipinski definition) is 6. The second-order valence-corrected chi connectivity index (χ2v) is 5.32. The lowest BCUT2D eigenvalue weighted by Crippen LogP contribution is -2.03. The molecule has 0 bridgehead atoms. The van der Waals surface area contributed by atoms with Crippen molar-refractivity contribution in [2.75, 3.05) is 0 Å². The van der Waals surface area contributed by atoms with E-state index in [1.165, 1.54) is 0 Å². The number of rotatable bonds is 3. The average molecular weight is 265 g/mol. The largest absolute Gasteiger partial charge is 0.365 e. The number of pyridine rings is 1. The summed E-state index contributed by atoms with van der Waals surface area (Å²) < 4.78 is 21.9. The molecule has 0 spiro atoms. The number of nitrogens with zero attached hydrogens (tertiary/aromatic N) is 2. The minimum Gasteiger partial charge on any atom is -0.358 e. The van der Waals surface area contributed by atoms with Gasteiger partial charge in [0.05, 0.1) is 0 Å². The van der Waals surface area contributed by atoms with Crippen molar-refractivity contribution >= 4 is 31.3 Å². The number of ketones is 1. The van der Waals surface area contributed by atoms with Gasteiger partial charge in [-0.3, -0.25) is 4.79 Å². The van der Waals surface area contributed by atoms with Crippen molar-refractivity contribution in [2.45, 2.75) is 11.9 Å². The number of hydrogen-bond donors (Lipinski definition) is 0. The van der Waals surface area contributed by atoms with Crippen LogP contribution < -0.4 is 0 Å². The van der Waals surface area contributed by atoms with E-state index in [1.54, 1.807) is 0 Å². The number of carbonyl (C=O) groups excluding carboxylic acids is 1. The zero-order valence-corrected chi connectivity index (χ0v) is 9.45. The van der Waals surface area contributed by atoms with E-state index in [1.807, 2.05) is 0 Å². The van der Waals surface area contributed by atoms with Crippen molar-refractivity contribution in [1.82, 2.24) is 4.98 Å². The van der Waals surface area contributed by atoms with Gasteiger partial charge in [-0.15, -0.1) is 0 Å². The first-order chi connectivity index (χ1) is 7.21. The molecule has 0 aromatic carbocycles. The first-order valence-corrected chi connectivity index (χ1v) is 6.15. The number of halogens is 1. The molecule has 9 heteroatoms. The van der Waals surface area contributed by atoms with Crippen LogP contribution in [0.5, 0.6) is 0 Å².